The van der Waals surface area contributed by atoms with Gasteiger partial charge in [0.2, 0.25) is 0 Å². The van der Waals surface area contributed by atoms with E-state index in [-0.39, 0.29) is 0 Å². The second kappa shape index (κ2) is 4.66. The zero-order valence-corrected chi connectivity index (χ0v) is 11.5. The zero-order chi connectivity index (χ0) is 12.4. The average Bonchev–Trinajstić information content (AvgIpc) is 2.20. The van der Waals surface area contributed by atoms with Crippen molar-refractivity contribution in [3.05, 3.63) is 0 Å². The smallest absolute Gasteiger partial charge is 0.0824 e. The first-order valence-corrected chi connectivity index (χ1v) is 6.74. The number of unbranched alkanes of at least 4 members (excludes halogenated alkanes) is 1. The Morgan fingerprint density at radius 3 is 2.12 bits per heavy atom. The third-order valence-electron chi connectivity index (χ3n) is 4.54. The molecule has 1 atom stereocenters. The third kappa shape index (κ3) is 2.98. The summed E-state index contributed by atoms with van der Waals surface area (Å²) in [7, 11) is 0. The third-order valence-corrected chi connectivity index (χ3v) is 4.54. The second-order valence-corrected chi connectivity index (χ2v) is 6.72. The van der Waals surface area contributed by atoms with Gasteiger partial charge in [-0.3, -0.25) is 0 Å². The van der Waals surface area contributed by atoms with Crippen LogP contribution in [0.4, 0.5) is 0 Å². The van der Waals surface area contributed by atoms with Gasteiger partial charge < -0.3 is 10.8 Å². The topological polar surface area (TPSA) is 46.2 Å². The lowest BCUT2D eigenvalue weighted by Crippen LogP contribution is -2.60. The summed E-state index contributed by atoms with van der Waals surface area (Å²) in [5.74, 6) is 0. The molecule has 1 saturated carbocycles. The zero-order valence-electron chi connectivity index (χ0n) is 11.5. The van der Waals surface area contributed by atoms with Gasteiger partial charge >= 0.3 is 0 Å². The van der Waals surface area contributed by atoms with Crippen LogP contribution in [0.1, 0.15) is 72.6 Å². The monoisotopic (exact) mass is 227 g/mol. The summed E-state index contributed by atoms with van der Waals surface area (Å²) in [5.41, 5.74) is 5.67. The quantitative estimate of drug-likeness (QED) is 0.774. The first kappa shape index (κ1) is 14.0. The fourth-order valence-corrected chi connectivity index (χ4v) is 2.69. The van der Waals surface area contributed by atoms with Crippen molar-refractivity contribution in [1.82, 2.24) is 0 Å². The normalized spacial score (nSPS) is 27.4. The van der Waals surface area contributed by atoms with Crippen LogP contribution in [0.3, 0.4) is 0 Å². The lowest BCUT2D eigenvalue weighted by atomic mass is 9.63. The first-order valence-electron chi connectivity index (χ1n) is 6.74. The van der Waals surface area contributed by atoms with Crippen LogP contribution in [-0.2, 0) is 0 Å². The van der Waals surface area contributed by atoms with E-state index in [0.717, 1.165) is 44.9 Å². The summed E-state index contributed by atoms with van der Waals surface area (Å²) in [4.78, 5) is 0. The maximum atomic E-state index is 10.7. The molecule has 1 unspecified atom stereocenters. The molecule has 0 spiro atoms. The standard InChI is InChI=1S/C14H29NO/c1-5-6-7-13(4,15)14(16)10-8-12(2,3)9-11-14/h16H,5-11,15H2,1-4H3. The van der Waals surface area contributed by atoms with E-state index in [1.54, 1.807) is 0 Å². The van der Waals surface area contributed by atoms with Crippen molar-refractivity contribution in [2.75, 3.05) is 0 Å². The molecule has 2 nitrogen and oxygen atoms in total. The first-order chi connectivity index (χ1) is 7.22. The Hall–Kier alpha value is -0.0800. The highest BCUT2D eigenvalue weighted by atomic mass is 16.3. The molecule has 1 fully saturated rings. The minimum atomic E-state index is -0.641. The van der Waals surface area contributed by atoms with E-state index in [1.165, 1.54) is 0 Å². The van der Waals surface area contributed by atoms with Crippen molar-refractivity contribution in [2.24, 2.45) is 11.1 Å². The molecule has 16 heavy (non-hydrogen) atoms. The Morgan fingerprint density at radius 2 is 1.69 bits per heavy atom. The van der Waals surface area contributed by atoms with E-state index in [0.29, 0.717) is 5.41 Å². The van der Waals surface area contributed by atoms with Gasteiger partial charge in [-0.05, 0) is 44.4 Å². The Balaban J connectivity index is 2.64. The molecule has 2 heteroatoms. The summed E-state index contributed by atoms with van der Waals surface area (Å²) in [6.45, 7) is 8.77. The molecule has 0 amide bonds. The van der Waals surface area contributed by atoms with Crippen LogP contribution in [0.15, 0.2) is 0 Å². The molecule has 96 valence electrons. The number of hydrogen-bond acceptors (Lipinski definition) is 2. The lowest BCUT2D eigenvalue weighted by molar-refractivity contribution is -0.0820. The molecule has 0 saturated heterocycles. The highest BCUT2D eigenvalue weighted by Gasteiger charge is 2.47. The molecular formula is C14H29NO. The van der Waals surface area contributed by atoms with E-state index < -0.39 is 11.1 Å². The number of hydrogen-bond donors (Lipinski definition) is 2. The molecular weight excluding hydrogens is 198 g/mol. The molecule has 0 aromatic rings. The predicted molar refractivity (Wildman–Crippen MR) is 69.3 cm³/mol. The molecule has 0 aromatic carbocycles. The lowest BCUT2D eigenvalue weighted by Gasteiger charge is -2.49. The minimum absolute atomic E-state index is 0.382. The van der Waals surface area contributed by atoms with Gasteiger partial charge in [0.05, 0.1) is 5.60 Å². The van der Waals surface area contributed by atoms with Crippen molar-refractivity contribution < 1.29 is 5.11 Å². The van der Waals surface area contributed by atoms with Crippen LogP contribution in [0.5, 0.6) is 0 Å². The van der Waals surface area contributed by atoms with Crippen molar-refractivity contribution in [3.8, 4) is 0 Å². The molecule has 0 heterocycles. The highest BCUT2D eigenvalue weighted by molar-refractivity contribution is 5.03. The van der Waals surface area contributed by atoms with Crippen LogP contribution in [0.25, 0.3) is 0 Å². The van der Waals surface area contributed by atoms with Gasteiger partial charge in [-0.1, -0.05) is 33.6 Å². The summed E-state index contributed by atoms with van der Waals surface area (Å²) >= 11 is 0. The van der Waals surface area contributed by atoms with Crippen LogP contribution in [0.2, 0.25) is 0 Å². The summed E-state index contributed by atoms with van der Waals surface area (Å²) in [6.07, 6.45) is 7.08. The van der Waals surface area contributed by atoms with Gasteiger partial charge in [0.1, 0.15) is 0 Å². The van der Waals surface area contributed by atoms with Crippen molar-refractivity contribution in [1.29, 1.82) is 0 Å². The molecule has 1 aliphatic carbocycles. The van der Waals surface area contributed by atoms with Gasteiger partial charge in [-0.15, -0.1) is 0 Å². The van der Waals surface area contributed by atoms with E-state index in [1.807, 2.05) is 6.92 Å². The minimum Gasteiger partial charge on any atom is -0.388 e. The van der Waals surface area contributed by atoms with E-state index in [4.69, 9.17) is 5.73 Å². The van der Waals surface area contributed by atoms with Gasteiger partial charge in [0.15, 0.2) is 0 Å². The number of aliphatic hydroxyl groups is 1. The SMILES string of the molecule is CCCCC(C)(N)C1(O)CCC(C)(C)CC1. The summed E-state index contributed by atoms with van der Waals surface area (Å²) in [6, 6.07) is 0. The Morgan fingerprint density at radius 1 is 1.19 bits per heavy atom. The fourth-order valence-electron chi connectivity index (χ4n) is 2.69. The van der Waals surface area contributed by atoms with E-state index in [2.05, 4.69) is 20.8 Å². The average molecular weight is 227 g/mol. The summed E-state index contributed by atoms with van der Waals surface area (Å²) < 4.78 is 0. The van der Waals surface area contributed by atoms with Crippen LogP contribution >= 0.6 is 0 Å². The van der Waals surface area contributed by atoms with Crippen molar-refractivity contribution in [2.45, 2.75) is 83.8 Å². The van der Waals surface area contributed by atoms with Crippen LogP contribution in [0, 0.1) is 5.41 Å². The molecule has 0 aromatic heterocycles. The van der Waals surface area contributed by atoms with Crippen molar-refractivity contribution in [3.63, 3.8) is 0 Å². The predicted octanol–water partition coefficient (Wildman–Crippen LogP) is 3.23. The largest absolute Gasteiger partial charge is 0.388 e. The van der Waals surface area contributed by atoms with Gasteiger partial charge in [0.25, 0.3) is 0 Å². The molecule has 3 N–H and O–H groups in total. The van der Waals surface area contributed by atoms with Crippen LogP contribution in [-0.4, -0.2) is 16.2 Å². The molecule has 1 rings (SSSR count). The molecule has 0 radical (unpaired) electrons. The summed E-state index contributed by atoms with van der Waals surface area (Å²) in [5, 5.41) is 10.7. The Bertz CT molecular complexity index is 223. The molecule has 0 bridgehead atoms. The maximum absolute atomic E-state index is 10.7. The number of rotatable bonds is 4. The molecule has 1 aliphatic rings. The fraction of sp³-hybridized carbons (Fsp3) is 1.00. The second-order valence-electron chi connectivity index (χ2n) is 6.72. The molecule has 0 aliphatic heterocycles. The van der Waals surface area contributed by atoms with E-state index >= 15 is 0 Å². The maximum Gasteiger partial charge on any atom is 0.0824 e. The van der Waals surface area contributed by atoms with E-state index in [9.17, 15) is 5.11 Å². The van der Waals surface area contributed by atoms with Gasteiger partial charge in [-0.2, -0.15) is 0 Å². The highest BCUT2D eigenvalue weighted by Crippen LogP contribution is 2.45. The van der Waals surface area contributed by atoms with Gasteiger partial charge in [-0.25, -0.2) is 0 Å². The van der Waals surface area contributed by atoms with Gasteiger partial charge in [0, 0.05) is 5.54 Å². The Kier molecular flexibility index (Phi) is 4.07. The Labute approximate surface area is 101 Å². The number of nitrogens with two attached hydrogens (primary N) is 1. The van der Waals surface area contributed by atoms with Crippen LogP contribution < -0.4 is 5.73 Å². The van der Waals surface area contributed by atoms with Crippen molar-refractivity contribution >= 4 is 0 Å².